The number of hydrogen-bond acceptors (Lipinski definition) is 3. The van der Waals surface area contributed by atoms with E-state index in [1.807, 2.05) is 0 Å². The van der Waals surface area contributed by atoms with Crippen molar-refractivity contribution in [2.24, 2.45) is 0 Å². The molecule has 0 aliphatic heterocycles. The van der Waals surface area contributed by atoms with E-state index in [-0.39, 0.29) is 5.97 Å². The first kappa shape index (κ1) is 14.5. The molecule has 1 unspecified atom stereocenters. The van der Waals surface area contributed by atoms with Crippen molar-refractivity contribution in [1.82, 2.24) is 0 Å². The van der Waals surface area contributed by atoms with E-state index in [9.17, 15) is 4.79 Å². The predicted molar refractivity (Wildman–Crippen MR) is 63.2 cm³/mol. The number of nitriles is 1. The molecule has 0 rings (SSSR count). The van der Waals surface area contributed by atoms with Crippen molar-refractivity contribution < 1.29 is 9.53 Å². The minimum absolute atomic E-state index is 0.287. The van der Waals surface area contributed by atoms with Gasteiger partial charge in [-0.1, -0.05) is 0 Å². The Morgan fingerprint density at radius 2 is 1.73 bits per heavy atom. The molecule has 0 spiro atoms. The monoisotopic (exact) mass is 273 g/mol. The van der Waals surface area contributed by atoms with Gasteiger partial charge in [0.15, 0.2) is 0 Å². The molecule has 0 saturated carbocycles. The number of ether oxygens (including phenoxy) is 1. The van der Waals surface area contributed by atoms with Gasteiger partial charge in [0.05, 0.1) is 0 Å². The zero-order valence-electron chi connectivity index (χ0n) is 10.2. The molecule has 3 nitrogen and oxygen atoms in total. The number of rotatable bonds is 6. The average Bonchev–Trinajstić information content (AvgIpc) is 2.26. The predicted octanol–water partition coefficient (Wildman–Crippen LogP) is 2.95. The third kappa shape index (κ3) is 3.23. The Labute approximate surface area is 95.2 Å². The van der Waals surface area contributed by atoms with E-state index >= 15 is 0 Å². The Morgan fingerprint density at radius 3 is 2.00 bits per heavy atom. The van der Waals surface area contributed by atoms with Gasteiger partial charge >= 0.3 is 94.9 Å². The van der Waals surface area contributed by atoms with Crippen LogP contribution in [0, 0.1) is 11.3 Å². The van der Waals surface area contributed by atoms with Gasteiger partial charge < -0.3 is 0 Å². The number of carbonyl (C=O) groups excluding carboxylic acids is 1. The van der Waals surface area contributed by atoms with Gasteiger partial charge in [-0.05, 0) is 0 Å². The van der Waals surface area contributed by atoms with Gasteiger partial charge in [-0.15, -0.1) is 0 Å². The molecule has 0 heterocycles. The van der Waals surface area contributed by atoms with E-state index in [2.05, 4.69) is 26.8 Å². The molecule has 0 saturated heterocycles. The summed E-state index contributed by atoms with van der Waals surface area (Å²) in [5.74, 6) is -0.287. The SMILES string of the molecule is CCOC(=O)[CH](C#N)[Ge]([CH2]C)([CH2]C)[CH2]C. The summed E-state index contributed by atoms with van der Waals surface area (Å²) < 4.78 is 4.55. The number of carbonyl (C=O) groups is 1. The van der Waals surface area contributed by atoms with Gasteiger partial charge in [0.1, 0.15) is 0 Å². The molecular weight excluding hydrogens is 251 g/mol. The number of hydrogen-bond donors (Lipinski definition) is 0. The summed E-state index contributed by atoms with van der Waals surface area (Å²) in [4.78, 5) is 11.7. The van der Waals surface area contributed by atoms with Crippen LogP contribution in [-0.2, 0) is 9.53 Å². The fraction of sp³-hybridized carbons (Fsp3) is 0.818. The van der Waals surface area contributed by atoms with Crippen molar-refractivity contribution in [3.05, 3.63) is 0 Å². The number of esters is 1. The third-order valence-corrected chi connectivity index (χ3v) is 15.6. The normalized spacial score (nSPS) is 13.0. The topological polar surface area (TPSA) is 50.1 Å². The molecule has 0 bridgehead atoms. The summed E-state index contributed by atoms with van der Waals surface area (Å²) >= 11 is -2.33. The molecule has 1 atom stereocenters. The van der Waals surface area contributed by atoms with Crippen molar-refractivity contribution in [2.45, 2.75) is 48.2 Å². The molecule has 0 radical (unpaired) electrons. The maximum absolute atomic E-state index is 11.7. The van der Waals surface area contributed by atoms with Gasteiger partial charge in [-0.2, -0.15) is 0 Å². The molecule has 4 heteroatoms. The average molecular weight is 272 g/mol. The van der Waals surface area contributed by atoms with Crippen molar-refractivity contribution in [3.63, 3.8) is 0 Å². The molecule has 0 aromatic rings. The zero-order chi connectivity index (χ0) is 11.9. The molecule has 0 N–H and O–H groups in total. The van der Waals surface area contributed by atoms with Crippen LogP contribution in [0.5, 0.6) is 0 Å². The summed E-state index contributed by atoms with van der Waals surface area (Å²) in [6.07, 6.45) is 0. The Balaban J connectivity index is 4.91. The van der Waals surface area contributed by atoms with Crippen molar-refractivity contribution in [1.29, 1.82) is 5.26 Å². The van der Waals surface area contributed by atoms with E-state index in [0.29, 0.717) is 6.61 Å². The van der Waals surface area contributed by atoms with Gasteiger partial charge in [-0.3, -0.25) is 0 Å². The summed E-state index contributed by atoms with van der Waals surface area (Å²) in [5.41, 5.74) is 0. The fourth-order valence-corrected chi connectivity index (χ4v) is 9.54. The van der Waals surface area contributed by atoms with Crippen molar-refractivity contribution in [3.8, 4) is 6.07 Å². The second-order valence-corrected chi connectivity index (χ2v) is 15.1. The standard InChI is InChI=1S/C11H21GeNO2/c1-5-12(6-2,7-3)10(9-13)11(14)15-8-4/h10H,5-8H2,1-4H3. The molecular formula is C11H21GeNO2. The molecule has 86 valence electrons. The van der Waals surface area contributed by atoms with Crippen LogP contribution in [0.25, 0.3) is 0 Å². The van der Waals surface area contributed by atoms with E-state index in [4.69, 9.17) is 10.00 Å². The first-order valence-corrected chi connectivity index (χ1v) is 11.3. The summed E-state index contributed by atoms with van der Waals surface area (Å²) in [5, 5.41) is 12.2. The van der Waals surface area contributed by atoms with Crippen LogP contribution in [0.4, 0.5) is 0 Å². The van der Waals surface area contributed by atoms with Crippen LogP contribution < -0.4 is 0 Å². The molecule has 0 aromatic carbocycles. The van der Waals surface area contributed by atoms with E-state index in [1.54, 1.807) is 6.92 Å². The molecule has 15 heavy (non-hydrogen) atoms. The summed E-state index contributed by atoms with van der Waals surface area (Å²) in [6, 6.07) is 2.19. The molecule has 0 amide bonds. The van der Waals surface area contributed by atoms with E-state index in [0.717, 1.165) is 15.8 Å². The Bertz CT molecular complexity index is 235. The maximum atomic E-state index is 11.7. The van der Waals surface area contributed by atoms with Gasteiger partial charge in [-0.25, -0.2) is 0 Å². The van der Waals surface area contributed by atoms with Gasteiger partial charge in [0.25, 0.3) is 0 Å². The Hall–Kier alpha value is -0.497. The van der Waals surface area contributed by atoms with Crippen LogP contribution in [0.15, 0.2) is 0 Å². The Kier molecular flexibility index (Phi) is 6.66. The quantitative estimate of drug-likeness (QED) is 0.551. The summed E-state index contributed by atoms with van der Waals surface area (Å²) in [6.45, 7) is 8.47. The molecule has 0 aromatic heterocycles. The number of nitrogens with zero attached hydrogens (tertiary/aromatic N) is 1. The molecule has 0 aliphatic rings. The van der Waals surface area contributed by atoms with Crippen LogP contribution in [-0.4, -0.2) is 25.8 Å². The zero-order valence-corrected chi connectivity index (χ0v) is 12.3. The second kappa shape index (κ2) is 6.89. The van der Waals surface area contributed by atoms with Crippen LogP contribution in [0.1, 0.15) is 27.7 Å². The van der Waals surface area contributed by atoms with Gasteiger partial charge in [0, 0.05) is 0 Å². The fourth-order valence-electron chi connectivity index (χ4n) is 2.03. The van der Waals surface area contributed by atoms with Gasteiger partial charge in [0.2, 0.25) is 0 Å². The van der Waals surface area contributed by atoms with Crippen molar-refractivity contribution in [2.75, 3.05) is 6.61 Å². The minimum atomic E-state index is -2.33. The Morgan fingerprint density at radius 1 is 1.27 bits per heavy atom. The van der Waals surface area contributed by atoms with Crippen LogP contribution >= 0.6 is 0 Å². The second-order valence-electron chi connectivity index (χ2n) is 3.74. The van der Waals surface area contributed by atoms with E-state index in [1.165, 1.54) is 0 Å². The molecule has 0 aliphatic carbocycles. The van der Waals surface area contributed by atoms with E-state index < -0.39 is 18.0 Å². The first-order chi connectivity index (χ1) is 7.11. The molecule has 0 fully saturated rings. The van der Waals surface area contributed by atoms with Crippen LogP contribution in [0.3, 0.4) is 0 Å². The van der Waals surface area contributed by atoms with Crippen molar-refractivity contribution >= 4 is 19.2 Å². The summed E-state index contributed by atoms with van der Waals surface area (Å²) in [7, 11) is 0. The first-order valence-electron chi connectivity index (χ1n) is 5.68. The van der Waals surface area contributed by atoms with Crippen LogP contribution in [0.2, 0.25) is 20.5 Å². The third-order valence-electron chi connectivity index (χ3n) is 3.38.